The van der Waals surface area contributed by atoms with Crippen LogP contribution in [0.1, 0.15) is 68.1 Å². The van der Waals surface area contributed by atoms with E-state index < -0.39 is 0 Å². The summed E-state index contributed by atoms with van der Waals surface area (Å²) in [4.78, 5) is 0. The highest BCUT2D eigenvalue weighted by Gasteiger charge is 2.22. The molecule has 1 aliphatic rings. The van der Waals surface area contributed by atoms with Crippen molar-refractivity contribution in [2.75, 3.05) is 0 Å². The van der Waals surface area contributed by atoms with Crippen molar-refractivity contribution in [2.24, 2.45) is 5.92 Å². The van der Waals surface area contributed by atoms with E-state index >= 15 is 0 Å². The first-order chi connectivity index (χ1) is 11.8. The maximum Gasteiger partial charge on any atom is 0.115 e. The van der Waals surface area contributed by atoms with Gasteiger partial charge in [-0.1, -0.05) is 49.8 Å². The molecule has 124 valence electrons. The molecule has 0 unspecified atom stereocenters. The molecule has 0 aromatic heterocycles. The smallest absolute Gasteiger partial charge is 0.115 e. The molecule has 0 spiro atoms. The Morgan fingerprint density at radius 3 is 2.33 bits per heavy atom. The minimum absolute atomic E-state index is 0.282. The van der Waals surface area contributed by atoms with Crippen molar-refractivity contribution in [3.05, 3.63) is 65.2 Å². The lowest BCUT2D eigenvalue weighted by atomic mass is 9.76. The van der Waals surface area contributed by atoms with Crippen LogP contribution >= 0.6 is 0 Å². The molecule has 0 saturated heterocycles. The van der Waals surface area contributed by atoms with Crippen molar-refractivity contribution in [2.45, 2.75) is 51.4 Å². The highest BCUT2D eigenvalue weighted by atomic mass is 16.3. The molecule has 24 heavy (non-hydrogen) atoms. The van der Waals surface area contributed by atoms with Crippen LogP contribution in [0.3, 0.4) is 0 Å². The minimum Gasteiger partial charge on any atom is -0.508 e. The third kappa shape index (κ3) is 4.20. The summed E-state index contributed by atoms with van der Waals surface area (Å²) >= 11 is 0. The monoisotopic (exact) mass is 318 g/mol. The van der Waals surface area contributed by atoms with Gasteiger partial charge in [0.1, 0.15) is 5.75 Å². The third-order valence-electron chi connectivity index (χ3n) is 5.15. The molecular weight excluding hydrogens is 292 g/mol. The Kier molecular flexibility index (Phi) is 5.59. The van der Waals surface area contributed by atoms with Crippen LogP contribution in [0.4, 0.5) is 0 Å². The van der Waals surface area contributed by atoms with Crippen LogP contribution in [0.15, 0.2) is 48.5 Å². The second-order valence-corrected chi connectivity index (χ2v) is 6.89. The van der Waals surface area contributed by atoms with Crippen LogP contribution in [-0.2, 0) is 0 Å². The number of hydrogen-bond donors (Lipinski definition) is 1. The zero-order valence-electron chi connectivity index (χ0n) is 14.5. The first kappa shape index (κ1) is 16.7. The van der Waals surface area contributed by atoms with E-state index in [2.05, 4.69) is 43.0 Å². The molecule has 2 aromatic rings. The molecule has 1 N–H and O–H groups in total. The van der Waals surface area contributed by atoms with E-state index in [0.29, 0.717) is 5.92 Å². The normalized spacial score (nSPS) is 20.2. The van der Waals surface area contributed by atoms with Gasteiger partial charge in [0.15, 0.2) is 0 Å². The largest absolute Gasteiger partial charge is 0.508 e. The maximum atomic E-state index is 9.37. The van der Waals surface area contributed by atoms with Crippen LogP contribution in [0.5, 0.6) is 5.75 Å². The van der Waals surface area contributed by atoms with Crippen molar-refractivity contribution in [3.8, 4) is 17.6 Å². The standard InChI is InChI=1S/C23H26O/c1-2-5-18-8-14-21(15-9-18)23-7-4-3-6-20(23)13-10-19-11-16-22(24)17-12-19/h3-4,6-7,11-12,16-18,21,24H,2,5,8-9,14-15H2,1H3. The molecule has 1 nitrogen and oxygen atoms in total. The van der Waals surface area contributed by atoms with E-state index in [1.165, 1.54) is 44.1 Å². The Hall–Kier alpha value is -2.20. The van der Waals surface area contributed by atoms with Crippen molar-refractivity contribution >= 4 is 0 Å². The van der Waals surface area contributed by atoms with E-state index in [9.17, 15) is 5.11 Å². The van der Waals surface area contributed by atoms with Gasteiger partial charge in [0.25, 0.3) is 0 Å². The Morgan fingerprint density at radius 1 is 0.917 bits per heavy atom. The Bertz CT molecular complexity index is 710. The summed E-state index contributed by atoms with van der Waals surface area (Å²) in [5.41, 5.74) is 3.51. The number of aromatic hydroxyl groups is 1. The first-order valence-corrected chi connectivity index (χ1v) is 9.16. The maximum absolute atomic E-state index is 9.37. The summed E-state index contributed by atoms with van der Waals surface area (Å²) in [6.45, 7) is 2.29. The highest BCUT2D eigenvalue weighted by Crippen LogP contribution is 2.38. The van der Waals surface area contributed by atoms with Gasteiger partial charge in [-0.25, -0.2) is 0 Å². The molecular formula is C23H26O. The van der Waals surface area contributed by atoms with Crippen LogP contribution in [-0.4, -0.2) is 5.11 Å². The molecule has 1 saturated carbocycles. The lowest BCUT2D eigenvalue weighted by Crippen LogP contribution is -2.14. The van der Waals surface area contributed by atoms with Gasteiger partial charge < -0.3 is 5.11 Å². The number of phenolic OH excluding ortho intramolecular Hbond substituents is 1. The fraction of sp³-hybridized carbons (Fsp3) is 0.391. The Balaban J connectivity index is 1.76. The summed E-state index contributed by atoms with van der Waals surface area (Å²) in [6.07, 6.45) is 8.00. The molecule has 0 aliphatic heterocycles. The summed E-state index contributed by atoms with van der Waals surface area (Å²) in [5, 5.41) is 9.37. The van der Waals surface area contributed by atoms with Gasteiger partial charge in [0, 0.05) is 11.1 Å². The van der Waals surface area contributed by atoms with E-state index in [0.717, 1.165) is 17.0 Å². The number of rotatable bonds is 3. The average Bonchev–Trinajstić information content (AvgIpc) is 2.63. The number of phenols is 1. The fourth-order valence-electron chi connectivity index (χ4n) is 3.82. The first-order valence-electron chi connectivity index (χ1n) is 9.16. The van der Waals surface area contributed by atoms with Crippen molar-refractivity contribution in [3.63, 3.8) is 0 Å². The predicted octanol–water partition coefficient (Wildman–Crippen LogP) is 5.87. The second kappa shape index (κ2) is 8.06. The van der Waals surface area contributed by atoms with Crippen molar-refractivity contribution in [1.29, 1.82) is 0 Å². The minimum atomic E-state index is 0.282. The van der Waals surface area contributed by atoms with Gasteiger partial charge in [-0.2, -0.15) is 0 Å². The quantitative estimate of drug-likeness (QED) is 0.702. The van der Waals surface area contributed by atoms with E-state index in [1.54, 1.807) is 12.1 Å². The predicted molar refractivity (Wildman–Crippen MR) is 100 cm³/mol. The number of benzene rings is 2. The van der Waals surface area contributed by atoms with E-state index in [-0.39, 0.29) is 5.75 Å². The lowest BCUT2D eigenvalue weighted by Gasteiger charge is -2.29. The molecule has 0 heterocycles. The van der Waals surface area contributed by atoms with Crippen LogP contribution < -0.4 is 0 Å². The molecule has 3 rings (SSSR count). The van der Waals surface area contributed by atoms with Crippen molar-refractivity contribution in [1.82, 2.24) is 0 Å². The second-order valence-electron chi connectivity index (χ2n) is 6.89. The van der Waals surface area contributed by atoms with Gasteiger partial charge in [0.05, 0.1) is 0 Å². The molecule has 0 radical (unpaired) electrons. The Morgan fingerprint density at radius 2 is 1.62 bits per heavy atom. The van der Waals surface area contributed by atoms with Gasteiger partial charge in [-0.3, -0.25) is 0 Å². The number of hydrogen-bond acceptors (Lipinski definition) is 1. The molecule has 1 fully saturated rings. The molecule has 0 atom stereocenters. The molecule has 2 aromatic carbocycles. The molecule has 1 aliphatic carbocycles. The molecule has 0 amide bonds. The summed E-state index contributed by atoms with van der Waals surface area (Å²) < 4.78 is 0. The highest BCUT2D eigenvalue weighted by molar-refractivity contribution is 5.48. The van der Waals surface area contributed by atoms with Crippen molar-refractivity contribution < 1.29 is 5.11 Å². The van der Waals surface area contributed by atoms with Crippen LogP contribution in [0, 0.1) is 17.8 Å². The summed E-state index contributed by atoms with van der Waals surface area (Å²) in [7, 11) is 0. The van der Waals surface area contributed by atoms with E-state index in [1.807, 2.05) is 12.1 Å². The van der Waals surface area contributed by atoms with Gasteiger partial charge >= 0.3 is 0 Å². The van der Waals surface area contributed by atoms with Gasteiger partial charge in [0.2, 0.25) is 0 Å². The fourth-order valence-corrected chi connectivity index (χ4v) is 3.82. The zero-order valence-corrected chi connectivity index (χ0v) is 14.5. The topological polar surface area (TPSA) is 20.2 Å². The summed E-state index contributed by atoms with van der Waals surface area (Å²) in [5.74, 6) is 8.46. The Labute approximate surface area is 145 Å². The van der Waals surface area contributed by atoms with Crippen LogP contribution in [0.2, 0.25) is 0 Å². The summed E-state index contributed by atoms with van der Waals surface area (Å²) in [6, 6.07) is 15.7. The van der Waals surface area contributed by atoms with Gasteiger partial charge in [-0.15, -0.1) is 0 Å². The average molecular weight is 318 g/mol. The molecule has 0 bridgehead atoms. The third-order valence-corrected chi connectivity index (χ3v) is 5.15. The lowest BCUT2D eigenvalue weighted by molar-refractivity contribution is 0.308. The van der Waals surface area contributed by atoms with Crippen LogP contribution in [0.25, 0.3) is 0 Å². The molecule has 1 heteroatoms. The van der Waals surface area contributed by atoms with E-state index in [4.69, 9.17) is 0 Å². The SMILES string of the molecule is CCCC1CCC(c2ccccc2C#Cc2ccc(O)cc2)CC1. The zero-order chi connectivity index (χ0) is 16.8. The van der Waals surface area contributed by atoms with Gasteiger partial charge in [-0.05, 0) is 73.4 Å².